The van der Waals surface area contributed by atoms with Crippen LogP contribution in [0.5, 0.6) is 0 Å². The summed E-state index contributed by atoms with van der Waals surface area (Å²) in [7, 11) is 0. The lowest BCUT2D eigenvalue weighted by Crippen LogP contribution is -2.54. The molecule has 1 heterocycles. The molecular weight excluding hydrogens is 557 g/mol. The second-order valence-electron chi connectivity index (χ2n) is 9.20. The molecule has 2 unspecified atom stereocenters. The number of nitrogens with one attached hydrogen (secondary N) is 1. The summed E-state index contributed by atoms with van der Waals surface area (Å²) < 4.78 is 13.5. The minimum atomic E-state index is -1.65. The molecule has 0 saturated carbocycles. The van der Waals surface area contributed by atoms with Gasteiger partial charge in [0, 0.05) is 48.5 Å². The van der Waals surface area contributed by atoms with Crippen molar-refractivity contribution in [1.29, 1.82) is 0 Å². The second kappa shape index (κ2) is 12.2. The first-order valence-corrected chi connectivity index (χ1v) is 12.3. The summed E-state index contributed by atoms with van der Waals surface area (Å²) in [5.41, 5.74) is -0.787. The summed E-state index contributed by atoms with van der Waals surface area (Å²) in [6.45, 7) is -0.331. The van der Waals surface area contributed by atoms with E-state index in [1.54, 1.807) is 0 Å². The van der Waals surface area contributed by atoms with Crippen LogP contribution in [0.4, 0.5) is 15.8 Å². The van der Waals surface area contributed by atoms with Gasteiger partial charge in [0.15, 0.2) is 6.17 Å². The van der Waals surface area contributed by atoms with Crippen LogP contribution in [0.15, 0.2) is 72.8 Å². The van der Waals surface area contributed by atoms with Crippen LogP contribution in [-0.4, -0.2) is 67.7 Å². The van der Waals surface area contributed by atoms with E-state index in [1.165, 1.54) is 48.5 Å². The van der Waals surface area contributed by atoms with Crippen LogP contribution >= 0.6 is 0 Å². The Morgan fingerprint density at radius 1 is 0.857 bits per heavy atom. The minimum absolute atomic E-state index is 0.000354. The number of carbonyl (C=O) groups is 4. The van der Waals surface area contributed by atoms with Crippen molar-refractivity contribution in [3.8, 4) is 0 Å². The van der Waals surface area contributed by atoms with Crippen molar-refractivity contribution in [2.24, 2.45) is 0 Å². The molecule has 0 aliphatic carbocycles. The highest BCUT2D eigenvalue weighted by Gasteiger charge is 2.44. The van der Waals surface area contributed by atoms with Gasteiger partial charge in [0.2, 0.25) is 0 Å². The molecule has 42 heavy (non-hydrogen) atoms. The Morgan fingerprint density at radius 3 is 1.98 bits per heavy atom. The average Bonchev–Trinajstić information content (AvgIpc) is 3.41. The third kappa shape index (κ3) is 6.35. The molecule has 4 rings (SSSR count). The van der Waals surface area contributed by atoms with E-state index in [1.807, 2.05) is 0 Å². The molecule has 216 valence electrons. The number of carbonyl (C=O) groups excluding carboxylic acids is 3. The quantitative estimate of drug-likeness (QED) is 0.283. The van der Waals surface area contributed by atoms with E-state index in [4.69, 9.17) is 0 Å². The third-order valence-electron chi connectivity index (χ3n) is 6.50. The average molecular weight is 579 g/mol. The van der Waals surface area contributed by atoms with E-state index in [9.17, 15) is 48.9 Å². The number of hydrogen-bond donors (Lipinski definition) is 2. The van der Waals surface area contributed by atoms with Crippen LogP contribution in [0.2, 0.25) is 0 Å². The van der Waals surface area contributed by atoms with Gasteiger partial charge < -0.3 is 20.2 Å². The third-order valence-corrected chi connectivity index (χ3v) is 6.50. The highest BCUT2D eigenvalue weighted by molar-refractivity contribution is 6.02. The molecule has 0 radical (unpaired) electrons. The Hall–Kier alpha value is -5.73. The second-order valence-corrected chi connectivity index (χ2v) is 9.20. The Balaban J connectivity index is 1.72. The molecule has 14 nitrogen and oxygen atoms in total. The number of amides is 3. The van der Waals surface area contributed by atoms with Crippen molar-refractivity contribution < 1.29 is 38.5 Å². The number of non-ortho nitro benzene ring substituents is 2. The molecule has 1 aliphatic rings. The van der Waals surface area contributed by atoms with Crippen molar-refractivity contribution in [1.82, 2.24) is 15.1 Å². The summed E-state index contributed by atoms with van der Waals surface area (Å²) in [5, 5.41) is 34.5. The number of hydrogen-bond acceptors (Lipinski definition) is 8. The van der Waals surface area contributed by atoms with E-state index in [2.05, 4.69) is 5.32 Å². The van der Waals surface area contributed by atoms with Crippen LogP contribution in [0.25, 0.3) is 0 Å². The molecule has 1 fully saturated rings. The maximum atomic E-state index is 13.8. The molecule has 2 N–H and O–H groups in total. The van der Waals surface area contributed by atoms with Crippen molar-refractivity contribution >= 4 is 35.1 Å². The maximum Gasteiger partial charge on any atom is 0.305 e. The predicted molar refractivity (Wildman–Crippen MR) is 142 cm³/mol. The van der Waals surface area contributed by atoms with Gasteiger partial charge in [-0.1, -0.05) is 18.2 Å². The first kappa shape index (κ1) is 29.3. The van der Waals surface area contributed by atoms with Crippen molar-refractivity contribution in [2.45, 2.75) is 18.6 Å². The Kier molecular flexibility index (Phi) is 8.50. The van der Waals surface area contributed by atoms with Crippen LogP contribution in [0.3, 0.4) is 0 Å². The molecular formula is C27H22FN5O9. The molecule has 3 aromatic rings. The lowest BCUT2D eigenvalue weighted by molar-refractivity contribution is -0.385. The lowest BCUT2D eigenvalue weighted by atomic mass is 10.0. The van der Waals surface area contributed by atoms with Gasteiger partial charge in [-0.25, -0.2) is 4.39 Å². The SMILES string of the molecule is O=C(O)CC(NC(=O)C1N(C(=O)c2ccc(F)cc2)CCN1C(=O)c1cccc([N+](=O)[O-])c1)c1cccc([N+](=O)[O-])c1. The number of halogens is 1. The number of carboxylic acid groups (broad SMARTS) is 1. The number of carboxylic acids is 1. The van der Waals surface area contributed by atoms with Crippen LogP contribution in [0, 0.1) is 26.0 Å². The summed E-state index contributed by atoms with van der Waals surface area (Å²) in [6.07, 6.45) is -2.34. The van der Waals surface area contributed by atoms with Crippen LogP contribution in [0.1, 0.15) is 38.7 Å². The Morgan fingerprint density at radius 2 is 1.40 bits per heavy atom. The van der Waals surface area contributed by atoms with E-state index >= 15 is 0 Å². The van der Waals surface area contributed by atoms with Gasteiger partial charge in [-0.2, -0.15) is 0 Å². The summed E-state index contributed by atoms with van der Waals surface area (Å²) >= 11 is 0. The molecule has 3 amide bonds. The van der Waals surface area contributed by atoms with Gasteiger partial charge in [0.1, 0.15) is 5.82 Å². The fraction of sp³-hybridized carbons (Fsp3) is 0.185. The number of nitrogens with zero attached hydrogens (tertiary/aromatic N) is 4. The fourth-order valence-electron chi connectivity index (χ4n) is 4.54. The van der Waals surface area contributed by atoms with Gasteiger partial charge in [0.25, 0.3) is 29.1 Å². The smallest absolute Gasteiger partial charge is 0.305 e. The Labute approximate surface area is 236 Å². The molecule has 0 bridgehead atoms. The molecule has 1 saturated heterocycles. The van der Waals surface area contributed by atoms with Crippen LogP contribution in [-0.2, 0) is 9.59 Å². The summed E-state index contributed by atoms with van der Waals surface area (Å²) in [6, 6.07) is 12.9. The number of benzene rings is 3. The minimum Gasteiger partial charge on any atom is -0.481 e. The number of rotatable bonds is 9. The van der Waals surface area contributed by atoms with Gasteiger partial charge in [-0.15, -0.1) is 0 Å². The van der Waals surface area contributed by atoms with Crippen molar-refractivity contribution in [3.63, 3.8) is 0 Å². The van der Waals surface area contributed by atoms with Crippen LogP contribution < -0.4 is 5.32 Å². The molecule has 15 heteroatoms. The van der Waals surface area contributed by atoms with Gasteiger partial charge in [-0.05, 0) is 35.9 Å². The van der Waals surface area contributed by atoms with E-state index in [0.29, 0.717) is 0 Å². The zero-order valence-electron chi connectivity index (χ0n) is 21.6. The topological polar surface area (TPSA) is 193 Å². The van der Waals surface area contributed by atoms with Crippen molar-refractivity contribution in [3.05, 3.63) is 116 Å². The number of aliphatic carboxylic acids is 1. The molecule has 1 aliphatic heterocycles. The maximum absolute atomic E-state index is 13.8. The fourth-order valence-corrected chi connectivity index (χ4v) is 4.54. The molecule has 3 aromatic carbocycles. The Bertz CT molecular complexity index is 1580. The van der Waals surface area contributed by atoms with E-state index < -0.39 is 58.0 Å². The zero-order valence-corrected chi connectivity index (χ0v) is 21.6. The molecule has 0 spiro atoms. The van der Waals surface area contributed by atoms with E-state index in [0.717, 1.165) is 34.1 Å². The van der Waals surface area contributed by atoms with Crippen molar-refractivity contribution in [2.75, 3.05) is 13.1 Å². The number of nitro groups is 2. The summed E-state index contributed by atoms with van der Waals surface area (Å²) in [4.78, 5) is 75.5. The standard InChI is InChI=1S/C27H22FN5O9/c28-19-9-7-16(8-10-19)26(37)30-11-12-31(27(38)18-4-2-6-21(14-18)33(41)42)25(30)24(36)29-22(15-23(34)35)17-3-1-5-20(13-17)32(39)40/h1-10,13-14,22,25H,11-12,15H2,(H,29,36)(H,34,35). The highest BCUT2D eigenvalue weighted by Crippen LogP contribution is 2.26. The monoisotopic (exact) mass is 579 g/mol. The summed E-state index contributed by atoms with van der Waals surface area (Å²) in [5.74, 6) is -4.51. The molecule has 0 aromatic heterocycles. The van der Waals surface area contributed by atoms with E-state index in [-0.39, 0.29) is 41.2 Å². The first-order chi connectivity index (χ1) is 20.0. The lowest BCUT2D eigenvalue weighted by Gasteiger charge is -2.31. The van der Waals surface area contributed by atoms with Gasteiger partial charge >= 0.3 is 5.97 Å². The highest BCUT2D eigenvalue weighted by atomic mass is 19.1. The van der Waals surface area contributed by atoms with Gasteiger partial charge in [-0.3, -0.25) is 39.4 Å². The first-order valence-electron chi connectivity index (χ1n) is 12.3. The number of nitro benzene ring substituents is 2. The normalized spacial score (nSPS) is 15.1. The molecule has 2 atom stereocenters. The largest absolute Gasteiger partial charge is 0.481 e. The predicted octanol–water partition coefficient (Wildman–Crippen LogP) is 2.90. The van der Waals surface area contributed by atoms with Gasteiger partial charge in [0.05, 0.1) is 22.3 Å². The zero-order chi connectivity index (χ0) is 30.6.